The molecule has 0 aliphatic rings. The Morgan fingerprint density at radius 3 is 2.53 bits per heavy atom. The Bertz CT molecular complexity index is 496. The van der Waals surface area contributed by atoms with Gasteiger partial charge in [-0.2, -0.15) is 0 Å². The van der Waals surface area contributed by atoms with E-state index in [4.69, 9.17) is 0 Å². The predicted molar refractivity (Wildman–Crippen MR) is 57.6 cm³/mol. The van der Waals surface area contributed by atoms with Gasteiger partial charge < -0.3 is 0 Å². The Kier molecular flexibility index (Phi) is 3.62. The van der Waals surface area contributed by atoms with E-state index in [-0.39, 0.29) is 16.7 Å². The first kappa shape index (κ1) is 12.3. The number of hydrogen-bond acceptors (Lipinski definition) is 3. The lowest BCUT2D eigenvalue weighted by Gasteiger charge is -2.03. The summed E-state index contributed by atoms with van der Waals surface area (Å²) in [4.78, 5) is 10.8. The summed E-state index contributed by atoms with van der Waals surface area (Å²) in [5.41, 5.74) is 0.175. The van der Waals surface area contributed by atoms with Crippen molar-refractivity contribution in [3.63, 3.8) is 0 Å². The molecule has 0 unspecified atom stereocenters. The number of Topliss-reactive ketones (excluding diaryl/α,β-unsaturated/α-hetero) is 1. The summed E-state index contributed by atoms with van der Waals surface area (Å²) in [6, 6.07) is 3.29. The van der Waals surface area contributed by atoms with Gasteiger partial charge in [0.2, 0.25) is 0 Å². The van der Waals surface area contributed by atoms with Crippen LogP contribution < -0.4 is 0 Å². The number of ketones is 1. The second-order valence-electron chi connectivity index (χ2n) is 2.97. The molecule has 6 heteroatoms. The molecule has 0 fully saturated rings. The molecule has 0 saturated carbocycles. The summed E-state index contributed by atoms with van der Waals surface area (Å²) in [5, 5.41) is 0.0713. The summed E-state index contributed by atoms with van der Waals surface area (Å²) < 4.78 is 35.4. The van der Waals surface area contributed by atoms with Crippen molar-refractivity contribution < 1.29 is 17.6 Å². The third-order valence-corrected chi connectivity index (χ3v) is 3.40. The van der Waals surface area contributed by atoms with Crippen LogP contribution in [0, 0.1) is 5.82 Å². The second kappa shape index (κ2) is 4.40. The predicted octanol–water partition coefficient (Wildman–Crippen LogP) is 1.81. The van der Waals surface area contributed by atoms with Crippen LogP contribution in [0.25, 0.3) is 0 Å². The van der Waals surface area contributed by atoms with Gasteiger partial charge in [-0.15, -0.1) is 0 Å². The SMILES string of the molecule is CS(=O)(=O)c1cc(C(=O)CBr)ccc1F. The van der Waals surface area contributed by atoms with Gasteiger partial charge in [0.25, 0.3) is 0 Å². The molecule has 15 heavy (non-hydrogen) atoms. The molecule has 82 valence electrons. The first-order valence-electron chi connectivity index (χ1n) is 3.95. The number of rotatable bonds is 3. The van der Waals surface area contributed by atoms with E-state index in [2.05, 4.69) is 15.9 Å². The number of carbonyl (C=O) groups is 1. The molecule has 0 bridgehead atoms. The van der Waals surface area contributed by atoms with Crippen molar-refractivity contribution in [2.75, 3.05) is 11.6 Å². The summed E-state index contributed by atoms with van der Waals surface area (Å²) in [6.45, 7) is 0. The molecule has 3 nitrogen and oxygen atoms in total. The molecule has 0 saturated heterocycles. The highest BCUT2D eigenvalue weighted by molar-refractivity contribution is 9.09. The Morgan fingerprint density at radius 1 is 1.47 bits per heavy atom. The number of sulfone groups is 1. The molecule has 0 heterocycles. The smallest absolute Gasteiger partial charge is 0.178 e. The average molecular weight is 295 g/mol. The van der Waals surface area contributed by atoms with Crippen LogP contribution in [-0.4, -0.2) is 25.8 Å². The Morgan fingerprint density at radius 2 is 2.07 bits per heavy atom. The van der Waals surface area contributed by atoms with Crippen LogP contribution in [0.15, 0.2) is 23.1 Å². The normalized spacial score (nSPS) is 11.4. The highest BCUT2D eigenvalue weighted by Gasteiger charge is 2.16. The first-order valence-corrected chi connectivity index (χ1v) is 6.96. The maximum absolute atomic E-state index is 13.1. The molecular formula is C9H8BrFO3S. The van der Waals surface area contributed by atoms with Gasteiger partial charge in [0, 0.05) is 11.8 Å². The van der Waals surface area contributed by atoms with Crippen molar-refractivity contribution in [2.24, 2.45) is 0 Å². The zero-order valence-electron chi connectivity index (χ0n) is 7.83. The minimum atomic E-state index is -3.64. The summed E-state index contributed by atoms with van der Waals surface area (Å²) in [7, 11) is -3.64. The second-order valence-corrected chi connectivity index (χ2v) is 5.52. The van der Waals surface area contributed by atoms with Gasteiger partial charge in [0.15, 0.2) is 15.6 Å². The molecule has 0 aliphatic heterocycles. The third-order valence-electron chi connectivity index (χ3n) is 1.77. The van der Waals surface area contributed by atoms with Crippen LogP contribution in [0.2, 0.25) is 0 Å². The monoisotopic (exact) mass is 294 g/mol. The van der Waals surface area contributed by atoms with Crippen molar-refractivity contribution in [3.05, 3.63) is 29.6 Å². The van der Waals surface area contributed by atoms with E-state index in [1.807, 2.05) is 0 Å². The van der Waals surface area contributed by atoms with E-state index >= 15 is 0 Å². The lowest BCUT2D eigenvalue weighted by atomic mass is 10.1. The van der Waals surface area contributed by atoms with Crippen molar-refractivity contribution in [2.45, 2.75) is 4.90 Å². The minimum Gasteiger partial charge on any atom is -0.293 e. The van der Waals surface area contributed by atoms with E-state index in [1.54, 1.807) is 0 Å². The van der Waals surface area contributed by atoms with Crippen molar-refractivity contribution in [3.8, 4) is 0 Å². The highest BCUT2D eigenvalue weighted by Crippen LogP contribution is 2.17. The first-order chi connectivity index (χ1) is 6.86. The van der Waals surface area contributed by atoms with E-state index in [1.165, 1.54) is 6.07 Å². The highest BCUT2D eigenvalue weighted by atomic mass is 79.9. The Labute approximate surface area is 95.3 Å². The molecule has 0 aromatic heterocycles. The van der Waals surface area contributed by atoms with Crippen LogP contribution in [0.3, 0.4) is 0 Å². The fourth-order valence-electron chi connectivity index (χ4n) is 1.04. The van der Waals surface area contributed by atoms with Gasteiger partial charge in [-0.3, -0.25) is 4.79 Å². The fourth-order valence-corrected chi connectivity index (χ4v) is 2.13. The number of hydrogen-bond donors (Lipinski definition) is 0. The van der Waals surface area contributed by atoms with Gasteiger partial charge in [0.05, 0.1) is 5.33 Å². The van der Waals surface area contributed by atoms with Gasteiger partial charge >= 0.3 is 0 Å². The van der Waals surface area contributed by atoms with Crippen LogP contribution in [0.4, 0.5) is 4.39 Å². The maximum atomic E-state index is 13.1. The Hall–Kier alpha value is -0.750. The molecule has 0 aliphatic carbocycles. The molecule has 1 aromatic rings. The average Bonchev–Trinajstić information content (AvgIpc) is 2.15. The summed E-state index contributed by atoms with van der Waals surface area (Å²) in [5.74, 6) is -1.14. The summed E-state index contributed by atoms with van der Waals surface area (Å²) in [6.07, 6.45) is 0.897. The third kappa shape index (κ3) is 2.85. The van der Waals surface area contributed by atoms with E-state index in [0.29, 0.717) is 0 Å². The van der Waals surface area contributed by atoms with Gasteiger partial charge in [-0.05, 0) is 18.2 Å². The van der Waals surface area contributed by atoms with E-state index in [9.17, 15) is 17.6 Å². The Balaban J connectivity index is 3.36. The number of carbonyl (C=O) groups excluding carboxylic acids is 1. The number of benzene rings is 1. The number of alkyl halides is 1. The van der Waals surface area contributed by atoms with Crippen LogP contribution >= 0.6 is 15.9 Å². The quantitative estimate of drug-likeness (QED) is 0.631. The molecule has 1 rings (SSSR count). The molecule has 1 aromatic carbocycles. The largest absolute Gasteiger partial charge is 0.293 e. The zero-order valence-corrected chi connectivity index (χ0v) is 10.2. The minimum absolute atomic E-state index is 0.0713. The van der Waals surface area contributed by atoms with Crippen molar-refractivity contribution >= 4 is 31.6 Å². The van der Waals surface area contributed by atoms with Gasteiger partial charge in [-0.1, -0.05) is 15.9 Å². The molecule has 0 radical (unpaired) electrons. The fraction of sp³-hybridized carbons (Fsp3) is 0.222. The standard InChI is InChI=1S/C9H8BrFO3S/c1-15(13,14)9-4-6(8(12)5-10)2-3-7(9)11/h2-4H,5H2,1H3. The molecule has 0 spiro atoms. The zero-order chi connectivity index (χ0) is 11.6. The topological polar surface area (TPSA) is 51.2 Å². The molecule has 0 atom stereocenters. The lowest BCUT2D eigenvalue weighted by Crippen LogP contribution is -2.06. The molecule has 0 amide bonds. The van der Waals surface area contributed by atoms with Crippen molar-refractivity contribution in [1.82, 2.24) is 0 Å². The van der Waals surface area contributed by atoms with Crippen LogP contribution in [-0.2, 0) is 9.84 Å². The van der Waals surface area contributed by atoms with E-state index in [0.717, 1.165) is 18.4 Å². The van der Waals surface area contributed by atoms with Crippen LogP contribution in [0.1, 0.15) is 10.4 Å². The lowest BCUT2D eigenvalue weighted by molar-refractivity contribution is 0.102. The summed E-state index contributed by atoms with van der Waals surface area (Å²) >= 11 is 2.95. The maximum Gasteiger partial charge on any atom is 0.178 e. The van der Waals surface area contributed by atoms with E-state index < -0.39 is 20.5 Å². The molecular weight excluding hydrogens is 287 g/mol. The number of halogens is 2. The van der Waals surface area contributed by atoms with Crippen molar-refractivity contribution in [1.29, 1.82) is 0 Å². The van der Waals surface area contributed by atoms with Gasteiger partial charge in [0.1, 0.15) is 10.7 Å². The molecule has 0 N–H and O–H groups in total. The van der Waals surface area contributed by atoms with Crippen LogP contribution in [0.5, 0.6) is 0 Å². The van der Waals surface area contributed by atoms with Gasteiger partial charge in [-0.25, -0.2) is 12.8 Å².